The number of fused-ring (bicyclic) bond motifs is 1. The summed E-state index contributed by atoms with van der Waals surface area (Å²) in [7, 11) is -1.82. The van der Waals surface area contributed by atoms with Gasteiger partial charge in [-0.1, -0.05) is 78.4 Å². The fourth-order valence-electron chi connectivity index (χ4n) is 5.53. The van der Waals surface area contributed by atoms with Crippen molar-refractivity contribution in [1.29, 1.82) is 0 Å². The number of nitrogens with zero attached hydrogens (tertiary/aromatic N) is 1. The molecule has 7 nitrogen and oxygen atoms in total. The molecule has 8 heteroatoms. The van der Waals surface area contributed by atoms with Crippen LogP contribution in [0.5, 0.6) is 0 Å². The van der Waals surface area contributed by atoms with E-state index in [1.807, 2.05) is 37.3 Å². The van der Waals surface area contributed by atoms with Gasteiger partial charge in [0.1, 0.15) is 11.4 Å². The van der Waals surface area contributed by atoms with Crippen molar-refractivity contribution in [3.63, 3.8) is 0 Å². The highest BCUT2D eigenvalue weighted by Crippen LogP contribution is 2.57. The fourth-order valence-corrected chi connectivity index (χ4v) is 7.85. The van der Waals surface area contributed by atoms with Crippen molar-refractivity contribution in [3.8, 4) is 0 Å². The molecule has 0 radical (unpaired) electrons. The lowest BCUT2D eigenvalue weighted by molar-refractivity contribution is -0.172. The Kier molecular flexibility index (Phi) is 5.79. The Morgan fingerprint density at radius 3 is 2.14 bits per heavy atom. The number of rotatable bonds is 6. The zero-order valence-corrected chi connectivity index (χ0v) is 20.7. The highest BCUT2D eigenvalue weighted by atomic mass is 32.2. The van der Waals surface area contributed by atoms with Gasteiger partial charge in [0.25, 0.3) is 11.8 Å². The summed E-state index contributed by atoms with van der Waals surface area (Å²) >= 11 is 0. The van der Waals surface area contributed by atoms with Gasteiger partial charge in [-0.25, -0.2) is 4.79 Å². The van der Waals surface area contributed by atoms with Gasteiger partial charge in [-0.15, -0.1) is 0 Å². The van der Waals surface area contributed by atoms with E-state index >= 15 is 0 Å². The van der Waals surface area contributed by atoms with Crippen LogP contribution in [0.2, 0.25) is 0 Å². The zero-order valence-electron chi connectivity index (χ0n) is 19.9. The highest BCUT2D eigenvalue weighted by Gasteiger charge is 2.78. The van der Waals surface area contributed by atoms with Crippen LogP contribution in [0.1, 0.15) is 34.0 Å². The van der Waals surface area contributed by atoms with Crippen molar-refractivity contribution in [2.75, 3.05) is 0 Å². The van der Waals surface area contributed by atoms with Crippen molar-refractivity contribution in [1.82, 2.24) is 10.2 Å². The molecule has 2 saturated heterocycles. The Bertz CT molecular complexity index is 1360. The van der Waals surface area contributed by atoms with Crippen LogP contribution >= 0.6 is 0 Å². The molecule has 5 rings (SSSR count). The molecule has 2 amide bonds. The van der Waals surface area contributed by atoms with Crippen LogP contribution in [0, 0.1) is 6.92 Å². The molecule has 2 fully saturated rings. The molecule has 0 unspecified atom stereocenters. The van der Waals surface area contributed by atoms with Gasteiger partial charge in [0.15, 0.2) is 5.54 Å². The van der Waals surface area contributed by atoms with E-state index in [-0.39, 0.29) is 6.42 Å². The van der Waals surface area contributed by atoms with Gasteiger partial charge in [-0.2, -0.15) is 0 Å². The Morgan fingerprint density at radius 1 is 0.972 bits per heavy atom. The van der Waals surface area contributed by atoms with Crippen molar-refractivity contribution >= 4 is 28.6 Å². The highest BCUT2D eigenvalue weighted by molar-refractivity contribution is 7.87. The van der Waals surface area contributed by atoms with Crippen LogP contribution in [0.4, 0.5) is 0 Å². The Labute approximate surface area is 211 Å². The molecular formula is C28H26N2O5S. The van der Waals surface area contributed by atoms with Crippen LogP contribution in [0.3, 0.4) is 0 Å². The van der Waals surface area contributed by atoms with E-state index in [4.69, 9.17) is 0 Å². The first kappa shape index (κ1) is 23.9. The Morgan fingerprint density at radius 2 is 1.56 bits per heavy atom. The van der Waals surface area contributed by atoms with E-state index in [9.17, 15) is 23.7 Å². The number of carboxylic acids is 1. The monoisotopic (exact) mass is 502 g/mol. The molecule has 0 aromatic heterocycles. The standard InChI is InChI=1S/C28H26N2O5S/c1-18-13-15-20(16-14-18)23(31)29-22-24(32)30-25(22)36(35)27(2,17-19-9-5-3-6-10-19)28(30,26(33)34)21-11-7-4-8-12-21/h3-16,22,25H,17H2,1-2H3,(H,29,31)(H,33,34)/t22-,25+,27-,28-,36+/m0/s1. The summed E-state index contributed by atoms with van der Waals surface area (Å²) in [5.41, 5.74) is 0.672. The predicted molar refractivity (Wildman–Crippen MR) is 136 cm³/mol. The van der Waals surface area contributed by atoms with Gasteiger partial charge in [0, 0.05) is 5.56 Å². The molecular weight excluding hydrogens is 476 g/mol. The lowest BCUT2D eigenvalue weighted by Gasteiger charge is -2.50. The second-order valence-electron chi connectivity index (χ2n) is 9.49. The number of amides is 2. The molecule has 36 heavy (non-hydrogen) atoms. The van der Waals surface area contributed by atoms with Gasteiger partial charge < -0.3 is 15.3 Å². The van der Waals surface area contributed by atoms with Crippen molar-refractivity contribution in [2.45, 2.75) is 42.0 Å². The first-order valence-corrected chi connectivity index (χ1v) is 12.9. The third-order valence-corrected chi connectivity index (χ3v) is 9.57. The molecule has 0 spiro atoms. The van der Waals surface area contributed by atoms with Crippen LogP contribution < -0.4 is 5.32 Å². The van der Waals surface area contributed by atoms with Crippen LogP contribution in [-0.4, -0.2) is 48.2 Å². The molecule has 0 bridgehead atoms. The first-order chi connectivity index (χ1) is 17.2. The van der Waals surface area contributed by atoms with Gasteiger partial charge in [-0.3, -0.25) is 13.8 Å². The number of β-lactam (4-membered cyclic amide) rings is 1. The van der Waals surface area contributed by atoms with E-state index in [1.165, 1.54) is 4.90 Å². The number of aliphatic carboxylic acids is 1. The van der Waals surface area contributed by atoms with Gasteiger partial charge in [0.2, 0.25) is 0 Å². The zero-order chi connectivity index (χ0) is 25.7. The second kappa shape index (κ2) is 8.71. The minimum atomic E-state index is -1.87. The quantitative estimate of drug-likeness (QED) is 0.505. The molecule has 5 atom stereocenters. The third-order valence-electron chi connectivity index (χ3n) is 7.32. The minimum Gasteiger partial charge on any atom is -0.479 e. The van der Waals surface area contributed by atoms with E-state index < -0.39 is 50.3 Å². The fraction of sp³-hybridized carbons (Fsp3) is 0.250. The Hall–Kier alpha value is -3.78. The molecule has 0 saturated carbocycles. The normalized spacial score (nSPS) is 28.8. The summed E-state index contributed by atoms with van der Waals surface area (Å²) in [6, 6.07) is 23.5. The lowest BCUT2D eigenvalue weighted by Crippen LogP contribution is -2.74. The number of nitrogens with one attached hydrogen (secondary N) is 1. The van der Waals surface area contributed by atoms with Gasteiger partial charge >= 0.3 is 5.97 Å². The van der Waals surface area contributed by atoms with Crippen molar-refractivity contribution < 1.29 is 23.7 Å². The molecule has 0 aliphatic carbocycles. The number of benzene rings is 3. The largest absolute Gasteiger partial charge is 0.479 e. The summed E-state index contributed by atoms with van der Waals surface area (Å²) in [6.45, 7) is 3.57. The number of hydrogen-bond donors (Lipinski definition) is 2. The molecule has 2 N–H and O–H groups in total. The molecule has 2 aliphatic heterocycles. The molecule has 2 aliphatic rings. The smallest absolute Gasteiger partial charge is 0.335 e. The molecule has 3 aromatic carbocycles. The number of carbonyl (C=O) groups excluding carboxylic acids is 2. The number of carboxylic acid groups (broad SMARTS) is 1. The average molecular weight is 503 g/mol. The maximum absolute atomic E-state index is 14.2. The van der Waals surface area contributed by atoms with Gasteiger partial charge in [-0.05, 0) is 43.5 Å². The number of aryl methyl sites for hydroxylation is 1. The number of carbonyl (C=O) groups is 3. The van der Waals surface area contributed by atoms with E-state index in [1.54, 1.807) is 61.5 Å². The van der Waals surface area contributed by atoms with E-state index in [0.717, 1.165) is 11.1 Å². The number of hydrogen-bond acceptors (Lipinski definition) is 4. The summed E-state index contributed by atoms with van der Waals surface area (Å²) in [5, 5.41) is 12.5. The van der Waals surface area contributed by atoms with Crippen molar-refractivity contribution in [2.24, 2.45) is 0 Å². The van der Waals surface area contributed by atoms with Crippen LogP contribution in [0.15, 0.2) is 84.9 Å². The predicted octanol–water partition coefficient (Wildman–Crippen LogP) is 3.01. The molecule has 3 aromatic rings. The second-order valence-corrected chi connectivity index (χ2v) is 11.5. The van der Waals surface area contributed by atoms with Gasteiger partial charge in [0.05, 0.1) is 15.5 Å². The molecule has 2 heterocycles. The van der Waals surface area contributed by atoms with Crippen LogP contribution in [-0.2, 0) is 32.3 Å². The average Bonchev–Trinajstić information content (AvgIpc) is 3.06. The van der Waals surface area contributed by atoms with Crippen LogP contribution in [0.25, 0.3) is 0 Å². The summed E-state index contributed by atoms with van der Waals surface area (Å²) in [6.07, 6.45) is 0.167. The first-order valence-electron chi connectivity index (χ1n) is 11.7. The third kappa shape index (κ3) is 3.32. The van der Waals surface area contributed by atoms with E-state index in [2.05, 4.69) is 5.32 Å². The maximum atomic E-state index is 14.2. The summed E-state index contributed by atoms with van der Waals surface area (Å²) < 4.78 is 12.8. The van der Waals surface area contributed by atoms with Crippen molar-refractivity contribution in [3.05, 3.63) is 107 Å². The summed E-state index contributed by atoms with van der Waals surface area (Å²) in [4.78, 5) is 40.9. The Balaban J connectivity index is 1.59. The maximum Gasteiger partial charge on any atom is 0.335 e. The lowest BCUT2D eigenvalue weighted by atomic mass is 9.72. The SMILES string of the molecule is Cc1ccc(C(=O)N[C@H]2C(=O)N3[C@@H]2[S@@](=O)[C@@](C)(Cc2ccccc2)[C@@]3(C(=O)O)c2ccccc2)cc1. The summed E-state index contributed by atoms with van der Waals surface area (Å²) in [5.74, 6) is -2.28. The van der Waals surface area contributed by atoms with E-state index in [0.29, 0.717) is 11.1 Å². The topological polar surface area (TPSA) is 104 Å². The minimum absolute atomic E-state index is 0.167. The molecule has 184 valence electrons.